The van der Waals surface area contributed by atoms with Gasteiger partial charge in [0, 0.05) is 5.69 Å². The number of halogens is 3. The van der Waals surface area contributed by atoms with E-state index in [1.165, 1.54) is 24.3 Å². The van der Waals surface area contributed by atoms with Crippen molar-refractivity contribution in [2.75, 3.05) is 11.9 Å². The Bertz CT molecular complexity index is 956. The van der Waals surface area contributed by atoms with Crippen molar-refractivity contribution in [1.82, 2.24) is 10.2 Å². The molecule has 0 saturated carbocycles. The molecule has 1 aliphatic heterocycles. The van der Waals surface area contributed by atoms with E-state index in [2.05, 4.69) is 10.6 Å². The minimum atomic E-state index is -4.52. The Kier molecular flexibility index (Phi) is 5.14. The summed E-state index contributed by atoms with van der Waals surface area (Å²) in [5, 5.41) is 4.43. The predicted octanol–water partition coefficient (Wildman–Crippen LogP) is 2.81. The average Bonchev–Trinajstić information content (AvgIpc) is 2.86. The Morgan fingerprint density at radius 2 is 1.61 bits per heavy atom. The van der Waals surface area contributed by atoms with Gasteiger partial charge < -0.3 is 10.6 Å². The summed E-state index contributed by atoms with van der Waals surface area (Å²) in [5.41, 5.74) is -0.451. The maximum atomic E-state index is 12.7. The number of amides is 3. The van der Waals surface area contributed by atoms with Crippen LogP contribution < -0.4 is 10.6 Å². The summed E-state index contributed by atoms with van der Waals surface area (Å²) in [4.78, 5) is 37.3. The van der Waals surface area contributed by atoms with Crippen LogP contribution in [0.3, 0.4) is 0 Å². The Balaban J connectivity index is 1.61. The number of nitrogens with zero attached hydrogens (tertiary/aromatic N) is 1. The Morgan fingerprint density at radius 1 is 1.00 bits per heavy atom. The van der Waals surface area contributed by atoms with Gasteiger partial charge in [0.2, 0.25) is 5.91 Å². The number of fused-ring (bicyclic) bond motifs is 1. The van der Waals surface area contributed by atoms with Crippen LogP contribution in [0.5, 0.6) is 0 Å². The van der Waals surface area contributed by atoms with Crippen molar-refractivity contribution < 1.29 is 27.6 Å². The number of imide groups is 1. The zero-order valence-corrected chi connectivity index (χ0v) is 14.9. The van der Waals surface area contributed by atoms with Crippen LogP contribution in [0.2, 0.25) is 0 Å². The van der Waals surface area contributed by atoms with Crippen molar-refractivity contribution in [3.63, 3.8) is 0 Å². The standard InChI is InChI=1S/C18H12F3N3O3S/c19-18(20,21)10-4-3-5-11(8-10)22-17(28)23-14(25)9-24-15(26)12-6-1-2-7-13(12)16(24)27/h1-8H,9H2,(H2,22,23,25,28). The molecule has 0 bridgehead atoms. The van der Waals surface area contributed by atoms with Crippen LogP contribution in [-0.4, -0.2) is 34.3 Å². The van der Waals surface area contributed by atoms with Gasteiger partial charge >= 0.3 is 6.18 Å². The maximum absolute atomic E-state index is 12.7. The maximum Gasteiger partial charge on any atom is 0.416 e. The molecule has 0 unspecified atom stereocenters. The average molecular weight is 407 g/mol. The molecule has 2 aromatic rings. The van der Waals surface area contributed by atoms with Crippen molar-refractivity contribution in [2.45, 2.75) is 6.18 Å². The Hall–Kier alpha value is -3.27. The van der Waals surface area contributed by atoms with Gasteiger partial charge in [-0.1, -0.05) is 18.2 Å². The zero-order valence-electron chi connectivity index (χ0n) is 14.0. The van der Waals surface area contributed by atoms with Gasteiger partial charge in [-0.2, -0.15) is 13.2 Å². The lowest BCUT2D eigenvalue weighted by molar-refractivity contribution is -0.137. The highest BCUT2D eigenvalue weighted by molar-refractivity contribution is 7.80. The van der Waals surface area contributed by atoms with E-state index >= 15 is 0 Å². The first-order chi connectivity index (χ1) is 13.2. The molecule has 10 heteroatoms. The topological polar surface area (TPSA) is 78.5 Å². The van der Waals surface area contributed by atoms with E-state index in [-0.39, 0.29) is 21.9 Å². The van der Waals surface area contributed by atoms with Crippen molar-refractivity contribution >= 4 is 40.7 Å². The van der Waals surface area contributed by atoms with Crippen LogP contribution in [0.25, 0.3) is 0 Å². The van der Waals surface area contributed by atoms with Crippen LogP contribution in [0.4, 0.5) is 18.9 Å². The SMILES string of the molecule is O=C(CN1C(=O)c2ccccc2C1=O)NC(=S)Nc1cccc(C(F)(F)F)c1. The summed E-state index contributed by atoms with van der Waals surface area (Å²) in [7, 11) is 0. The second kappa shape index (κ2) is 7.39. The van der Waals surface area contributed by atoms with E-state index in [4.69, 9.17) is 12.2 Å². The van der Waals surface area contributed by atoms with Crippen molar-refractivity contribution in [3.05, 3.63) is 65.2 Å². The molecule has 0 aliphatic carbocycles. The molecule has 6 nitrogen and oxygen atoms in total. The zero-order chi connectivity index (χ0) is 20.5. The number of thiocarbonyl (C=S) groups is 1. The molecule has 0 spiro atoms. The van der Waals surface area contributed by atoms with Crippen LogP contribution >= 0.6 is 12.2 Å². The van der Waals surface area contributed by atoms with Gasteiger partial charge in [0.15, 0.2) is 5.11 Å². The van der Waals surface area contributed by atoms with Crippen LogP contribution in [0.1, 0.15) is 26.3 Å². The summed E-state index contributed by atoms with van der Waals surface area (Å²) in [5.74, 6) is -1.97. The van der Waals surface area contributed by atoms with E-state index < -0.39 is 36.0 Å². The molecule has 3 amide bonds. The molecule has 1 aliphatic rings. The first-order valence-electron chi connectivity index (χ1n) is 7.90. The molecule has 1 heterocycles. The molecule has 0 radical (unpaired) electrons. The molecular formula is C18H12F3N3O3S. The van der Waals surface area contributed by atoms with E-state index in [1.807, 2.05) is 0 Å². The number of carbonyl (C=O) groups excluding carboxylic acids is 3. The summed E-state index contributed by atoms with van der Waals surface area (Å²) < 4.78 is 38.2. The first-order valence-corrected chi connectivity index (χ1v) is 8.31. The molecular weight excluding hydrogens is 395 g/mol. The fourth-order valence-corrected chi connectivity index (χ4v) is 2.86. The second-order valence-electron chi connectivity index (χ2n) is 5.82. The Labute approximate surface area is 162 Å². The number of rotatable bonds is 3. The van der Waals surface area contributed by atoms with Gasteiger partial charge in [-0.05, 0) is 42.5 Å². The normalized spacial score (nSPS) is 13.3. The molecule has 28 heavy (non-hydrogen) atoms. The third kappa shape index (κ3) is 4.01. The summed E-state index contributed by atoms with van der Waals surface area (Å²) in [6.07, 6.45) is -4.52. The molecule has 2 aromatic carbocycles. The van der Waals surface area contributed by atoms with E-state index in [9.17, 15) is 27.6 Å². The smallest absolute Gasteiger partial charge is 0.332 e. The molecule has 0 aromatic heterocycles. The Morgan fingerprint density at radius 3 is 2.18 bits per heavy atom. The molecule has 144 valence electrons. The second-order valence-corrected chi connectivity index (χ2v) is 6.23. The van der Waals surface area contributed by atoms with Crippen LogP contribution in [0.15, 0.2) is 48.5 Å². The van der Waals surface area contributed by atoms with Crippen molar-refractivity contribution in [3.8, 4) is 0 Å². The highest BCUT2D eigenvalue weighted by Crippen LogP contribution is 2.30. The number of alkyl halides is 3. The van der Waals surface area contributed by atoms with Gasteiger partial charge in [0.05, 0.1) is 16.7 Å². The van der Waals surface area contributed by atoms with Gasteiger partial charge in [-0.15, -0.1) is 0 Å². The van der Waals surface area contributed by atoms with Gasteiger partial charge in [0.1, 0.15) is 6.54 Å². The van der Waals surface area contributed by atoms with E-state index in [0.717, 1.165) is 17.0 Å². The predicted molar refractivity (Wildman–Crippen MR) is 97.6 cm³/mol. The minimum Gasteiger partial charge on any atom is -0.332 e. The molecule has 2 N–H and O–H groups in total. The highest BCUT2D eigenvalue weighted by atomic mass is 32.1. The fraction of sp³-hybridized carbons (Fsp3) is 0.111. The van der Waals surface area contributed by atoms with E-state index in [0.29, 0.717) is 0 Å². The van der Waals surface area contributed by atoms with Gasteiger partial charge in [-0.25, -0.2) is 0 Å². The molecule has 3 rings (SSSR count). The summed E-state index contributed by atoms with van der Waals surface area (Å²) >= 11 is 4.91. The van der Waals surface area contributed by atoms with E-state index in [1.54, 1.807) is 12.1 Å². The summed E-state index contributed by atoms with van der Waals surface area (Å²) in [6.45, 7) is -0.573. The minimum absolute atomic E-state index is 0.0286. The van der Waals surface area contributed by atoms with Crippen LogP contribution in [0, 0.1) is 0 Å². The van der Waals surface area contributed by atoms with Crippen LogP contribution in [-0.2, 0) is 11.0 Å². The first kappa shape index (κ1) is 19.5. The third-order valence-corrected chi connectivity index (χ3v) is 4.08. The number of carbonyl (C=O) groups is 3. The lowest BCUT2D eigenvalue weighted by Crippen LogP contribution is -2.43. The summed E-state index contributed by atoms with van der Waals surface area (Å²) in [6, 6.07) is 10.4. The number of hydrogen-bond donors (Lipinski definition) is 2. The number of nitrogens with one attached hydrogen (secondary N) is 2. The largest absolute Gasteiger partial charge is 0.416 e. The number of benzene rings is 2. The lowest BCUT2D eigenvalue weighted by atomic mass is 10.1. The van der Waals surface area contributed by atoms with Crippen molar-refractivity contribution in [2.24, 2.45) is 0 Å². The number of anilines is 1. The molecule has 0 fully saturated rings. The quantitative estimate of drug-likeness (QED) is 0.604. The fourth-order valence-electron chi connectivity index (χ4n) is 2.63. The number of hydrogen-bond acceptors (Lipinski definition) is 4. The molecule has 0 saturated heterocycles. The third-order valence-electron chi connectivity index (χ3n) is 3.88. The van der Waals surface area contributed by atoms with Gasteiger partial charge in [-0.3, -0.25) is 19.3 Å². The lowest BCUT2D eigenvalue weighted by Gasteiger charge is -2.15. The van der Waals surface area contributed by atoms with Gasteiger partial charge in [0.25, 0.3) is 11.8 Å². The monoisotopic (exact) mass is 407 g/mol. The van der Waals surface area contributed by atoms with Crippen molar-refractivity contribution in [1.29, 1.82) is 0 Å². The molecule has 0 atom stereocenters. The highest BCUT2D eigenvalue weighted by Gasteiger charge is 2.36.